The summed E-state index contributed by atoms with van der Waals surface area (Å²) in [4.78, 5) is 0. The molecule has 0 rings (SSSR count). The molecule has 0 radical (unpaired) electrons. The molecule has 0 spiro atoms. The Labute approximate surface area is 103 Å². The van der Waals surface area contributed by atoms with E-state index in [0.717, 1.165) is 13.0 Å². The minimum absolute atomic E-state index is 0.687. The van der Waals surface area contributed by atoms with Crippen LogP contribution in [-0.2, 0) is 13.6 Å². The first-order valence-corrected chi connectivity index (χ1v) is 12.6. The van der Waals surface area contributed by atoms with Gasteiger partial charge in [0.05, 0.1) is 13.2 Å². The molecule has 16 heavy (non-hydrogen) atoms. The molecular formula is C11H28O3Si2. The van der Waals surface area contributed by atoms with Crippen LogP contribution < -0.4 is 0 Å². The van der Waals surface area contributed by atoms with Gasteiger partial charge in [0.25, 0.3) is 0 Å². The van der Waals surface area contributed by atoms with Crippen molar-refractivity contribution in [3.8, 4) is 0 Å². The maximum Gasteiger partial charge on any atom is 0.173 e. The molecule has 0 heterocycles. The molecule has 0 atom stereocenters. The summed E-state index contributed by atoms with van der Waals surface area (Å²) in [5.74, 6) is 0. The van der Waals surface area contributed by atoms with Crippen LogP contribution in [0.15, 0.2) is 0 Å². The van der Waals surface area contributed by atoms with E-state index in [-0.39, 0.29) is 0 Å². The molecule has 0 aromatic rings. The zero-order chi connectivity index (χ0) is 12.7. The number of ether oxygens (including phenoxy) is 2. The van der Waals surface area contributed by atoms with Crippen molar-refractivity contribution >= 4 is 16.6 Å². The van der Waals surface area contributed by atoms with Crippen LogP contribution in [0.2, 0.25) is 38.8 Å². The monoisotopic (exact) mass is 264 g/mol. The first-order valence-electron chi connectivity index (χ1n) is 6.04. The SMILES string of the molecule is COCCOCCC[Si](C)(C)O[Si](C)(C)C. The van der Waals surface area contributed by atoms with E-state index in [9.17, 15) is 0 Å². The highest BCUT2D eigenvalue weighted by Crippen LogP contribution is 2.19. The van der Waals surface area contributed by atoms with Crippen LogP contribution in [0.4, 0.5) is 0 Å². The molecule has 0 saturated carbocycles. The molecule has 0 aliphatic heterocycles. The van der Waals surface area contributed by atoms with E-state index >= 15 is 0 Å². The predicted octanol–water partition coefficient (Wildman–Crippen LogP) is 3.10. The number of hydrogen-bond acceptors (Lipinski definition) is 3. The van der Waals surface area contributed by atoms with Crippen molar-refractivity contribution in [1.29, 1.82) is 0 Å². The number of rotatable bonds is 9. The predicted molar refractivity (Wildman–Crippen MR) is 74.0 cm³/mol. The highest BCUT2D eigenvalue weighted by molar-refractivity contribution is 6.84. The van der Waals surface area contributed by atoms with Gasteiger partial charge in [0.15, 0.2) is 16.6 Å². The van der Waals surface area contributed by atoms with Gasteiger partial charge in [0.2, 0.25) is 0 Å². The lowest BCUT2D eigenvalue weighted by Crippen LogP contribution is -2.42. The molecule has 98 valence electrons. The quantitative estimate of drug-likeness (QED) is 0.473. The standard InChI is InChI=1S/C11H28O3Si2/c1-12-9-10-13-8-7-11-16(5,6)14-15(2,3)4/h7-11H2,1-6H3. The topological polar surface area (TPSA) is 27.7 Å². The van der Waals surface area contributed by atoms with Gasteiger partial charge in [-0.05, 0) is 45.2 Å². The Morgan fingerprint density at radius 2 is 1.50 bits per heavy atom. The summed E-state index contributed by atoms with van der Waals surface area (Å²) in [5, 5.41) is 0. The summed E-state index contributed by atoms with van der Waals surface area (Å²) in [5.41, 5.74) is 0. The minimum Gasteiger partial charge on any atom is -0.456 e. The largest absolute Gasteiger partial charge is 0.456 e. The highest BCUT2D eigenvalue weighted by atomic mass is 28.4. The first-order chi connectivity index (χ1) is 7.27. The second kappa shape index (κ2) is 7.60. The lowest BCUT2D eigenvalue weighted by Gasteiger charge is -2.31. The summed E-state index contributed by atoms with van der Waals surface area (Å²) in [6.07, 6.45) is 1.10. The average Bonchev–Trinajstić information content (AvgIpc) is 2.06. The van der Waals surface area contributed by atoms with Crippen molar-refractivity contribution in [2.75, 3.05) is 26.9 Å². The van der Waals surface area contributed by atoms with Gasteiger partial charge in [0, 0.05) is 13.7 Å². The molecule has 3 nitrogen and oxygen atoms in total. The average molecular weight is 265 g/mol. The first kappa shape index (κ1) is 16.3. The highest BCUT2D eigenvalue weighted by Gasteiger charge is 2.28. The Bertz CT molecular complexity index is 179. The van der Waals surface area contributed by atoms with Crippen molar-refractivity contribution in [2.24, 2.45) is 0 Å². The van der Waals surface area contributed by atoms with Crippen molar-refractivity contribution in [3.05, 3.63) is 0 Å². The Morgan fingerprint density at radius 1 is 0.875 bits per heavy atom. The van der Waals surface area contributed by atoms with E-state index in [0.29, 0.717) is 13.2 Å². The molecule has 0 aliphatic carbocycles. The van der Waals surface area contributed by atoms with Crippen LogP contribution in [0, 0.1) is 0 Å². The molecule has 0 saturated heterocycles. The van der Waals surface area contributed by atoms with E-state index in [1.807, 2.05) is 0 Å². The molecule has 0 unspecified atom stereocenters. The fraction of sp³-hybridized carbons (Fsp3) is 1.00. The maximum atomic E-state index is 6.25. The van der Waals surface area contributed by atoms with Crippen LogP contribution in [0.3, 0.4) is 0 Å². The maximum absolute atomic E-state index is 6.25. The van der Waals surface area contributed by atoms with Crippen LogP contribution >= 0.6 is 0 Å². The van der Waals surface area contributed by atoms with Crippen molar-refractivity contribution in [1.82, 2.24) is 0 Å². The van der Waals surface area contributed by atoms with Crippen LogP contribution in [0.5, 0.6) is 0 Å². The summed E-state index contributed by atoms with van der Waals surface area (Å²) >= 11 is 0. The summed E-state index contributed by atoms with van der Waals surface area (Å²) in [7, 11) is -1.13. The minimum atomic E-state index is -1.46. The molecule has 0 aromatic carbocycles. The van der Waals surface area contributed by atoms with Gasteiger partial charge in [-0.25, -0.2) is 0 Å². The molecule has 0 amide bonds. The second-order valence-corrected chi connectivity index (χ2v) is 14.7. The van der Waals surface area contributed by atoms with E-state index in [4.69, 9.17) is 13.6 Å². The Kier molecular flexibility index (Phi) is 7.75. The zero-order valence-corrected chi connectivity index (χ0v) is 13.8. The lowest BCUT2D eigenvalue weighted by atomic mass is 10.5. The molecule has 0 bridgehead atoms. The van der Waals surface area contributed by atoms with Crippen molar-refractivity contribution in [2.45, 2.75) is 45.2 Å². The summed E-state index contributed by atoms with van der Waals surface area (Å²) in [6.45, 7) is 13.6. The van der Waals surface area contributed by atoms with Gasteiger partial charge >= 0.3 is 0 Å². The Balaban J connectivity index is 3.58. The summed E-state index contributed by atoms with van der Waals surface area (Å²) in [6, 6.07) is 1.18. The molecule has 5 heteroatoms. The van der Waals surface area contributed by atoms with Gasteiger partial charge in [-0.15, -0.1) is 0 Å². The Morgan fingerprint density at radius 3 is 2.00 bits per heavy atom. The van der Waals surface area contributed by atoms with Gasteiger partial charge < -0.3 is 13.6 Å². The molecule has 0 aliphatic rings. The van der Waals surface area contributed by atoms with E-state index in [1.54, 1.807) is 7.11 Å². The van der Waals surface area contributed by atoms with Crippen molar-refractivity contribution in [3.63, 3.8) is 0 Å². The lowest BCUT2D eigenvalue weighted by molar-refractivity contribution is 0.0707. The third-order valence-electron chi connectivity index (χ3n) is 2.08. The molecular weight excluding hydrogens is 236 g/mol. The van der Waals surface area contributed by atoms with Crippen LogP contribution in [0.1, 0.15) is 6.42 Å². The van der Waals surface area contributed by atoms with Gasteiger partial charge in [-0.1, -0.05) is 0 Å². The normalized spacial score (nSPS) is 13.1. The number of hydrogen-bond donors (Lipinski definition) is 0. The molecule has 0 fully saturated rings. The number of methoxy groups -OCH3 is 1. The van der Waals surface area contributed by atoms with Crippen LogP contribution in [0.25, 0.3) is 0 Å². The summed E-state index contributed by atoms with van der Waals surface area (Å²) < 4.78 is 16.6. The third kappa shape index (κ3) is 10.8. The van der Waals surface area contributed by atoms with Crippen LogP contribution in [-0.4, -0.2) is 43.6 Å². The molecule has 0 aromatic heterocycles. The van der Waals surface area contributed by atoms with Gasteiger partial charge in [-0.3, -0.25) is 0 Å². The van der Waals surface area contributed by atoms with E-state index < -0.39 is 16.6 Å². The van der Waals surface area contributed by atoms with E-state index in [1.165, 1.54) is 6.04 Å². The second-order valence-electron chi connectivity index (χ2n) is 5.68. The van der Waals surface area contributed by atoms with E-state index in [2.05, 4.69) is 32.7 Å². The third-order valence-corrected chi connectivity index (χ3v) is 8.30. The Hall–Kier alpha value is 0.314. The van der Waals surface area contributed by atoms with Gasteiger partial charge in [0.1, 0.15) is 0 Å². The fourth-order valence-electron chi connectivity index (χ4n) is 1.72. The van der Waals surface area contributed by atoms with Crippen molar-refractivity contribution < 1.29 is 13.6 Å². The fourth-order valence-corrected chi connectivity index (χ4v) is 9.76. The van der Waals surface area contributed by atoms with Gasteiger partial charge in [-0.2, -0.15) is 0 Å². The molecule has 0 N–H and O–H groups in total. The smallest absolute Gasteiger partial charge is 0.173 e. The zero-order valence-electron chi connectivity index (χ0n) is 11.8.